The van der Waals surface area contributed by atoms with E-state index in [2.05, 4.69) is 56.3 Å². The van der Waals surface area contributed by atoms with Gasteiger partial charge in [0.15, 0.2) is 0 Å². The molecule has 0 aliphatic carbocycles. The van der Waals surface area contributed by atoms with Crippen LogP contribution in [0, 0.1) is 0 Å². The van der Waals surface area contributed by atoms with Gasteiger partial charge >= 0.3 is 0 Å². The summed E-state index contributed by atoms with van der Waals surface area (Å²) >= 11 is 0. The van der Waals surface area contributed by atoms with Crippen LogP contribution in [0.5, 0.6) is 0 Å². The fraction of sp³-hybridized carbons (Fsp3) is 0.714. The standard InChI is InChI=1S/C21H37NO/c1-4-5-6-7-8-9-10-14-17-21(18-19-23,22(2)3)20-15-12-11-13-16-20/h11-13,15-16,23H,4-10,14,17-19H2,1-3H3. The van der Waals surface area contributed by atoms with Crippen LogP contribution < -0.4 is 0 Å². The van der Waals surface area contributed by atoms with Crippen LogP contribution in [0.4, 0.5) is 0 Å². The number of hydrogen-bond acceptors (Lipinski definition) is 2. The predicted octanol–water partition coefficient (Wildman–Crippen LogP) is 5.36. The molecule has 0 aliphatic rings. The molecular weight excluding hydrogens is 282 g/mol. The highest BCUT2D eigenvalue weighted by atomic mass is 16.3. The van der Waals surface area contributed by atoms with Crippen molar-refractivity contribution in [1.82, 2.24) is 4.90 Å². The summed E-state index contributed by atoms with van der Waals surface area (Å²) in [6.45, 7) is 2.51. The Bertz CT molecular complexity index is 390. The average molecular weight is 320 g/mol. The zero-order valence-electron chi connectivity index (χ0n) is 15.6. The molecule has 0 radical (unpaired) electrons. The molecular formula is C21H37NO. The Morgan fingerprint density at radius 2 is 1.39 bits per heavy atom. The van der Waals surface area contributed by atoms with Gasteiger partial charge < -0.3 is 5.11 Å². The quantitative estimate of drug-likeness (QED) is 0.495. The zero-order valence-corrected chi connectivity index (χ0v) is 15.6. The summed E-state index contributed by atoms with van der Waals surface area (Å²) in [6.07, 6.45) is 12.7. The highest BCUT2D eigenvalue weighted by Gasteiger charge is 2.33. The average Bonchev–Trinajstić information content (AvgIpc) is 2.56. The van der Waals surface area contributed by atoms with Crippen molar-refractivity contribution >= 4 is 0 Å². The van der Waals surface area contributed by atoms with Gasteiger partial charge in [0.2, 0.25) is 0 Å². The van der Waals surface area contributed by atoms with Crippen LogP contribution in [-0.4, -0.2) is 30.7 Å². The molecule has 1 aromatic rings. The fourth-order valence-corrected chi connectivity index (χ4v) is 3.60. The smallest absolute Gasteiger partial charge is 0.0476 e. The van der Waals surface area contributed by atoms with Crippen molar-refractivity contribution < 1.29 is 5.11 Å². The third-order valence-electron chi connectivity index (χ3n) is 5.14. The van der Waals surface area contributed by atoms with E-state index in [1.807, 2.05) is 0 Å². The maximum atomic E-state index is 9.61. The molecule has 1 aromatic carbocycles. The van der Waals surface area contributed by atoms with Gasteiger partial charge in [0.1, 0.15) is 0 Å². The van der Waals surface area contributed by atoms with Gasteiger partial charge in [0.25, 0.3) is 0 Å². The monoisotopic (exact) mass is 319 g/mol. The minimum Gasteiger partial charge on any atom is -0.396 e. The van der Waals surface area contributed by atoms with Gasteiger partial charge in [-0.25, -0.2) is 0 Å². The number of aliphatic hydroxyl groups excluding tert-OH is 1. The van der Waals surface area contributed by atoms with E-state index in [1.165, 1.54) is 56.9 Å². The molecule has 0 saturated carbocycles. The number of hydrogen-bond donors (Lipinski definition) is 1. The summed E-state index contributed by atoms with van der Waals surface area (Å²) < 4.78 is 0. The summed E-state index contributed by atoms with van der Waals surface area (Å²) in [5.74, 6) is 0. The van der Waals surface area contributed by atoms with Crippen molar-refractivity contribution in [3.63, 3.8) is 0 Å². The Kier molecular flexibility index (Phi) is 10.2. The van der Waals surface area contributed by atoms with Gasteiger partial charge in [-0.1, -0.05) is 88.6 Å². The van der Waals surface area contributed by atoms with Crippen molar-refractivity contribution in [2.75, 3.05) is 20.7 Å². The first kappa shape index (κ1) is 20.2. The Morgan fingerprint density at radius 3 is 1.91 bits per heavy atom. The van der Waals surface area contributed by atoms with Crippen molar-refractivity contribution in [3.05, 3.63) is 35.9 Å². The molecule has 0 bridgehead atoms. The third-order valence-corrected chi connectivity index (χ3v) is 5.14. The van der Waals surface area contributed by atoms with Crippen LogP contribution in [-0.2, 0) is 5.54 Å². The van der Waals surface area contributed by atoms with Crippen LogP contribution in [0.25, 0.3) is 0 Å². The summed E-state index contributed by atoms with van der Waals surface area (Å²) in [6, 6.07) is 10.7. The maximum absolute atomic E-state index is 9.61. The van der Waals surface area contributed by atoms with Gasteiger partial charge in [-0.15, -0.1) is 0 Å². The molecule has 1 unspecified atom stereocenters. The van der Waals surface area contributed by atoms with Crippen molar-refractivity contribution in [2.45, 2.75) is 76.7 Å². The van der Waals surface area contributed by atoms with Gasteiger partial charge in [-0.3, -0.25) is 4.90 Å². The van der Waals surface area contributed by atoms with Crippen LogP contribution in [0.3, 0.4) is 0 Å². The summed E-state index contributed by atoms with van der Waals surface area (Å²) in [5, 5.41) is 9.61. The Hall–Kier alpha value is -0.860. The Balaban J connectivity index is 2.51. The van der Waals surface area contributed by atoms with Crippen LogP contribution >= 0.6 is 0 Å². The third kappa shape index (κ3) is 6.64. The van der Waals surface area contributed by atoms with E-state index in [4.69, 9.17) is 0 Å². The number of unbranched alkanes of at least 4 members (excludes halogenated alkanes) is 7. The fourth-order valence-electron chi connectivity index (χ4n) is 3.60. The second kappa shape index (κ2) is 11.6. The van der Waals surface area contributed by atoms with Gasteiger partial charge in [0, 0.05) is 12.1 Å². The lowest BCUT2D eigenvalue weighted by Crippen LogP contribution is -2.42. The molecule has 0 fully saturated rings. The predicted molar refractivity (Wildman–Crippen MR) is 101 cm³/mol. The van der Waals surface area contributed by atoms with Crippen LogP contribution in [0.15, 0.2) is 30.3 Å². The minimum atomic E-state index is -0.0295. The highest BCUT2D eigenvalue weighted by Crippen LogP contribution is 2.35. The molecule has 2 heteroatoms. The van der Waals surface area contributed by atoms with Crippen molar-refractivity contribution in [2.24, 2.45) is 0 Å². The summed E-state index contributed by atoms with van der Waals surface area (Å²) in [5.41, 5.74) is 1.31. The number of rotatable bonds is 13. The number of nitrogens with zero attached hydrogens (tertiary/aromatic N) is 1. The molecule has 0 spiro atoms. The molecule has 2 nitrogen and oxygen atoms in total. The highest BCUT2D eigenvalue weighted by molar-refractivity contribution is 5.24. The van der Waals surface area contributed by atoms with E-state index in [0.717, 1.165) is 12.8 Å². The van der Waals surface area contributed by atoms with Crippen molar-refractivity contribution in [3.8, 4) is 0 Å². The first-order valence-electron chi connectivity index (χ1n) is 9.51. The lowest BCUT2D eigenvalue weighted by atomic mass is 9.81. The summed E-state index contributed by atoms with van der Waals surface area (Å²) in [4.78, 5) is 2.31. The SMILES string of the molecule is CCCCCCCCCCC(CCO)(c1ccccc1)N(C)C. The van der Waals surface area contributed by atoms with E-state index in [1.54, 1.807) is 0 Å². The molecule has 132 valence electrons. The molecule has 1 N–H and O–H groups in total. The topological polar surface area (TPSA) is 23.5 Å². The van der Waals surface area contributed by atoms with Gasteiger partial charge in [0.05, 0.1) is 0 Å². The van der Waals surface area contributed by atoms with Crippen molar-refractivity contribution in [1.29, 1.82) is 0 Å². The van der Waals surface area contributed by atoms with Crippen LogP contribution in [0.2, 0.25) is 0 Å². The van der Waals surface area contributed by atoms with E-state index in [9.17, 15) is 5.11 Å². The second-order valence-electron chi connectivity index (χ2n) is 6.99. The molecule has 0 aromatic heterocycles. The molecule has 23 heavy (non-hydrogen) atoms. The normalized spacial score (nSPS) is 14.1. The lowest BCUT2D eigenvalue weighted by molar-refractivity contribution is 0.0934. The zero-order chi connectivity index (χ0) is 17.0. The molecule has 1 atom stereocenters. The molecule has 1 rings (SSSR count). The van der Waals surface area contributed by atoms with E-state index in [0.29, 0.717) is 0 Å². The first-order chi connectivity index (χ1) is 11.2. The Morgan fingerprint density at radius 1 is 0.826 bits per heavy atom. The molecule has 0 heterocycles. The van der Waals surface area contributed by atoms with Gasteiger partial charge in [-0.2, -0.15) is 0 Å². The molecule has 0 saturated heterocycles. The van der Waals surface area contributed by atoms with E-state index < -0.39 is 0 Å². The van der Waals surface area contributed by atoms with Crippen LogP contribution in [0.1, 0.15) is 76.7 Å². The second-order valence-corrected chi connectivity index (χ2v) is 6.99. The number of aliphatic hydroxyl groups is 1. The molecule has 0 aliphatic heterocycles. The lowest BCUT2D eigenvalue weighted by Gasteiger charge is -2.40. The number of benzene rings is 1. The van der Waals surface area contributed by atoms with Gasteiger partial charge in [-0.05, 0) is 32.5 Å². The molecule has 0 amide bonds. The minimum absolute atomic E-state index is 0.0295. The maximum Gasteiger partial charge on any atom is 0.0476 e. The summed E-state index contributed by atoms with van der Waals surface area (Å²) in [7, 11) is 4.29. The van der Waals surface area contributed by atoms with E-state index >= 15 is 0 Å². The van der Waals surface area contributed by atoms with E-state index in [-0.39, 0.29) is 12.1 Å². The Labute approximate surface area is 143 Å². The largest absolute Gasteiger partial charge is 0.396 e. The first-order valence-corrected chi connectivity index (χ1v) is 9.51.